The fourth-order valence-corrected chi connectivity index (χ4v) is 3.47. The van der Waals surface area contributed by atoms with E-state index >= 15 is 0 Å². The second-order valence-corrected chi connectivity index (χ2v) is 6.92. The summed E-state index contributed by atoms with van der Waals surface area (Å²) in [6.45, 7) is 3.94. The Morgan fingerprint density at radius 2 is 1.37 bits per heavy atom. The maximum Gasteiger partial charge on any atom is 0.261 e. The van der Waals surface area contributed by atoms with Gasteiger partial charge < -0.3 is 5.73 Å². The van der Waals surface area contributed by atoms with Crippen molar-refractivity contribution in [3.63, 3.8) is 0 Å². The summed E-state index contributed by atoms with van der Waals surface area (Å²) in [6.07, 6.45) is 2.70. The molecular formula is C22H27N3O2. The average molecular weight is 365 g/mol. The standard InChI is InChI=1S/C22H27N3O2/c23-13-8-15-24(17-18-9-2-1-3-10-18)14-6-7-16-25-21(26)19-11-4-5-12-20(19)22(25)27/h1-5,9-12H,6-8,13-17,23H2. The Morgan fingerprint density at radius 3 is 2.00 bits per heavy atom. The van der Waals surface area contributed by atoms with Gasteiger partial charge in [0.05, 0.1) is 11.1 Å². The number of unbranched alkanes of at least 4 members (excludes halogenated alkanes) is 1. The van der Waals surface area contributed by atoms with Crippen LogP contribution in [0.25, 0.3) is 0 Å². The van der Waals surface area contributed by atoms with Gasteiger partial charge >= 0.3 is 0 Å². The molecule has 3 rings (SSSR count). The molecular weight excluding hydrogens is 338 g/mol. The number of hydrogen-bond donors (Lipinski definition) is 1. The van der Waals surface area contributed by atoms with Gasteiger partial charge in [-0.25, -0.2) is 0 Å². The van der Waals surface area contributed by atoms with Crippen LogP contribution in [0, 0.1) is 0 Å². The maximum atomic E-state index is 12.4. The third kappa shape index (κ3) is 4.81. The molecule has 0 unspecified atom stereocenters. The molecule has 0 radical (unpaired) electrons. The quantitative estimate of drug-likeness (QED) is 0.519. The van der Waals surface area contributed by atoms with E-state index in [4.69, 9.17) is 5.73 Å². The van der Waals surface area contributed by atoms with E-state index < -0.39 is 0 Å². The summed E-state index contributed by atoms with van der Waals surface area (Å²) < 4.78 is 0. The lowest BCUT2D eigenvalue weighted by Crippen LogP contribution is -2.32. The Morgan fingerprint density at radius 1 is 0.778 bits per heavy atom. The zero-order valence-corrected chi connectivity index (χ0v) is 15.6. The SMILES string of the molecule is NCCCN(CCCCN1C(=O)c2ccccc2C1=O)Cc1ccccc1. The molecule has 2 aromatic carbocycles. The van der Waals surface area contributed by atoms with Crippen molar-refractivity contribution < 1.29 is 9.59 Å². The van der Waals surface area contributed by atoms with Crippen molar-refractivity contribution in [3.8, 4) is 0 Å². The summed E-state index contributed by atoms with van der Waals surface area (Å²) in [5.74, 6) is -0.334. The molecule has 2 amide bonds. The van der Waals surface area contributed by atoms with Crippen molar-refractivity contribution in [2.24, 2.45) is 5.73 Å². The molecule has 0 aliphatic carbocycles. The smallest absolute Gasteiger partial charge is 0.261 e. The van der Waals surface area contributed by atoms with Crippen molar-refractivity contribution in [1.29, 1.82) is 0 Å². The van der Waals surface area contributed by atoms with E-state index in [9.17, 15) is 9.59 Å². The first kappa shape index (κ1) is 19.3. The van der Waals surface area contributed by atoms with Crippen LogP contribution < -0.4 is 5.73 Å². The number of rotatable bonds is 10. The largest absolute Gasteiger partial charge is 0.330 e. The van der Waals surface area contributed by atoms with Crippen LogP contribution >= 0.6 is 0 Å². The summed E-state index contributed by atoms with van der Waals surface area (Å²) >= 11 is 0. The minimum absolute atomic E-state index is 0.167. The summed E-state index contributed by atoms with van der Waals surface area (Å²) in [5, 5.41) is 0. The van der Waals surface area contributed by atoms with Crippen molar-refractivity contribution in [2.45, 2.75) is 25.8 Å². The zero-order chi connectivity index (χ0) is 19.1. The number of hydrogen-bond acceptors (Lipinski definition) is 4. The molecule has 5 nitrogen and oxygen atoms in total. The van der Waals surface area contributed by atoms with Gasteiger partial charge in [-0.2, -0.15) is 0 Å². The van der Waals surface area contributed by atoms with E-state index in [2.05, 4.69) is 29.2 Å². The molecule has 1 aliphatic rings. The van der Waals surface area contributed by atoms with Gasteiger partial charge in [0, 0.05) is 13.1 Å². The van der Waals surface area contributed by atoms with Crippen LogP contribution in [0.15, 0.2) is 54.6 Å². The highest BCUT2D eigenvalue weighted by atomic mass is 16.2. The summed E-state index contributed by atoms with van der Waals surface area (Å²) in [6, 6.07) is 17.4. The third-order valence-corrected chi connectivity index (χ3v) is 4.91. The molecule has 5 heteroatoms. The molecule has 27 heavy (non-hydrogen) atoms. The van der Waals surface area contributed by atoms with Gasteiger partial charge in [-0.1, -0.05) is 42.5 Å². The normalized spacial score (nSPS) is 13.5. The topological polar surface area (TPSA) is 66.6 Å². The first-order valence-electron chi connectivity index (χ1n) is 9.62. The van der Waals surface area contributed by atoms with Gasteiger partial charge in [0.1, 0.15) is 0 Å². The highest BCUT2D eigenvalue weighted by Crippen LogP contribution is 2.22. The Kier molecular flexibility index (Phi) is 6.74. The third-order valence-electron chi connectivity index (χ3n) is 4.91. The highest BCUT2D eigenvalue weighted by molar-refractivity contribution is 6.21. The van der Waals surface area contributed by atoms with Crippen LogP contribution in [0.2, 0.25) is 0 Å². The van der Waals surface area contributed by atoms with Crippen molar-refractivity contribution in [1.82, 2.24) is 9.80 Å². The van der Waals surface area contributed by atoms with Gasteiger partial charge in [0.2, 0.25) is 0 Å². The molecule has 0 atom stereocenters. The van der Waals surface area contributed by atoms with E-state index in [1.807, 2.05) is 6.07 Å². The van der Waals surface area contributed by atoms with Crippen molar-refractivity contribution in [2.75, 3.05) is 26.2 Å². The van der Waals surface area contributed by atoms with Gasteiger partial charge in [-0.05, 0) is 56.6 Å². The molecule has 0 bridgehead atoms. The van der Waals surface area contributed by atoms with Crippen LogP contribution in [0.5, 0.6) is 0 Å². The van der Waals surface area contributed by atoms with Crippen LogP contribution in [-0.4, -0.2) is 47.8 Å². The second-order valence-electron chi connectivity index (χ2n) is 6.92. The molecule has 0 spiro atoms. The van der Waals surface area contributed by atoms with Gasteiger partial charge in [0.25, 0.3) is 11.8 Å². The number of imide groups is 1. The van der Waals surface area contributed by atoms with Crippen LogP contribution in [-0.2, 0) is 6.54 Å². The summed E-state index contributed by atoms with van der Waals surface area (Å²) in [5.41, 5.74) is 8.01. The Hall–Kier alpha value is -2.50. The summed E-state index contributed by atoms with van der Waals surface area (Å²) in [4.78, 5) is 28.6. The van der Waals surface area contributed by atoms with Crippen LogP contribution in [0.1, 0.15) is 45.5 Å². The average Bonchev–Trinajstić information content (AvgIpc) is 2.95. The second kappa shape index (κ2) is 9.44. The predicted molar refractivity (Wildman–Crippen MR) is 106 cm³/mol. The minimum atomic E-state index is -0.167. The number of fused-ring (bicyclic) bond motifs is 1. The van der Waals surface area contributed by atoms with E-state index in [1.54, 1.807) is 24.3 Å². The Labute approximate surface area is 160 Å². The number of nitrogens with zero attached hydrogens (tertiary/aromatic N) is 2. The van der Waals surface area contributed by atoms with Gasteiger partial charge in [-0.3, -0.25) is 19.4 Å². The first-order valence-corrected chi connectivity index (χ1v) is 9.62. The molecule has 0 saturated carbocycles. The minimum Gasteiger partial charge on any atom is -0.330 e. The monoisotopic (exact) mass is 365 g/mol. The number of nitrogens with two attached hydrogens (primary N) is 1. The lowest BCUT2D eigenvalue weighted by Gasteiger charge is -2.23. The maximum absolute atomic E-state index is 12.4. The van der Waals surface area contributed by atoms with Gasteiger partial charge in [0.15, 0.2) is 0 Å². The molecule has 1 heterocycles. The van der Waals surface area contributed by atoms with Crippen molar-refractivity contribution >= 4 is 11.8 Å². The van der Waals surface area contributed by atoms with Crippen LogP contribution in [0.4, 0.5) is 0 Å². The summed E-state index contributed by atoms with van der Waals surface area (Å²) in [7, 11) is 0. The number of benzene rings is 2. The Balaban J connectivity index is 1.49. The fraction of sp³-hybridized carbons (Fsp3) is 0.364. The van der Waals surface area contributed by atoms with E-state index in [0.29, 0.717) is 24.2 Å². The predicted octanol–water partition coefficient (Wildman–Crippen LogP) is 2.91. The van der Waals surface area contributed by atoms with Crippen LogP contribution in [0.3, 0.4) is 0 Å². The zero-order valence-electron chi connectivity index (χ0n) is 15.6. The first-order chi connectivity index (χ1) is 13.2. The van der Waals surface area contributed by atoms with Gasteiger partial charge in [-0.15, -0.1) is 0 Å². The molecule has 0 saturated heterocycles. The molecule has 2 N–H and O–H groups in total. The van der Waals surface area contributed by atoms with E-state index in [-0.39, 0.29) is 11.8 Å². The molecule has 0 aromatic heterocycles. The Bertz CT molecular complexity index is 741. The van der Waals surface area contributed by atoms with Crippen molar-refractivity contribution in [3.05, 3.63) is 71.3 Å². The van der Waals surface area contributed by atoms with E-state index in [1.165, 1.54) is 10.5 Å². The number of amides is 2. The lowest BCUT2D eigenvalue weighted by molar-refractivity contribution is 0.0650. The van der Waals surface area contributed by atoms with E-state index in [0.717, 1.165) is 38.9 Å². The highest BCUT2D eigenvalue weighted by Gasteiger charge is 2.34. The molecule has 1 aliphatic heterocycles. The molecule has 142 valence electrons. The fourth-order valence-electron chi connectivity index (χ4n) is 3.47. The molecule has 2 aromatic rings. The lowest BCUT2D eigenvalue weighted by atomic mass is 10.1. The number of carbonyl (C=O) groups is 2. The molecule has 0 fully saturated rings. The number of carbonyl (C=O) groups excluding carboxylic acids is 2.